The summed E-state index contributed by atoms with van der Waals surface area (Å²) in [6.45, 7) is 10.9. The second-order valence-electron chi connectivity index (χ2n) is 7.99. The van der Waals surface area contributed by atoms with Gasteiger partial charge < -0.3 is 14.4 Å². The molecular formula is C17H31N3O2. The predicted octanol–water partition coefficient (Wildman–Crippen LogP) is 0.648. The van der Waals surface area contributed by atoms with Crippen LogP contribution < -0.4 is 0 Å². The zero-order valence-electron chi connectivity index (χ0n) is 14.1. The molecule has 1 aliphatic carbocycles. The van der Waals surface area contributed by atoms with Gasteiger partial charge in [0.15, 0.2) is 0 Å². The largest absolute Gasteiger partial charge is 0.372 e. The highest BCUT2D eigenvalue weighted by atomic mass is 16.5. The quantitative estimate of drug-likeness (QED) is 0.763. The van der Waals surface area contributed by atoms with E-state index in [9.17, 15) is 0 Å². The van der Waals surface area contributed by atoms with Crippen LogP contribution in [0.1, 0.15) is 25.7 Å². The van der Waals surface area contributed by atoms with Crippen molar-refractivity contribution in [3.63, 3.8) is 0 Å². The van der Waals surface area contributed by atoms with Crippen LogP contribution in [-0.2, 0) is 9.47 Å². The van der Waals surface area contributed by atoms with E-state index in [-0.39, 0.29) is 11.2 Å². The third kappa shape index (κ3) is 3.06. The second kappa shape index (κ2) is 6.02. The first-order valence-electron chi connectivity index (χ1n) is 9.08. The van der Waals surface area contributed by atoms with E-state index < -0.39 is 0 Å². The standard InChI is InChI=1S/C17H31N3O2/c1-18-8-10-22-17(12-18)14-20(15-17)7-6-19-9-11-21-16(13-19)4-2-3-5-16/h2-15H2,1H3. The highest BCUT2D eigenvalue weighted by Gasteiger charge is 2.46. The Morgan fingerprint density at radius 1 is 0.773 bits per heavy atom. The van der Waals surface area contributed by atoms with Crippen LogP contribution in [0, 0.1) is 0 Å². The summed E-state index contributed by atoms with van der Waals surface area (Å²) in [5.41, 5.74) is 0.355. The van der Waals surface area contributed by atoms with Crippen molar-refractivity contribution in [1.82, 2.24) is 14.7 Å². The Bertz CT molecular complexity index is 391. The number of nitrogens with zero attached hydrogens (tertiary/aromatic N) is 3. The molecule has 3 saturated heterocycles. The lowest BCUT2D eigenvalue weighted by Gasteiger charge is -2.54. The maximum atomic E-state index is 6.12. The lowest BCUT2D eigenvalue weighted by Crippen LogP contribution is -2.70. The monoisotopic (exact) mass is 309 g/mol. The molecule has 5 heteroatoms. The lowest BCUT2D eigenvalue weighted by molar-refractivity contribution is -0.182. The summed E-state index contributed by atoms with van der Waals surface area (Å²) in [6, 6.07) is 0. The van der Waals surface area contributed by atoms with E-state index in [4.69, 9.17) is 9.47 Å². The molecule has 0 bridgehead atoms. The van der Waals surface area contributed by atoms with Gasteiger partial charge in [-0.2, -0.15) is 0 Å². The van der Waals surface area contributed by atoms with E-state index >= 15 is 0 Å². The average Bonchev–Trinajstić information content (AvgIpc) is 2.91. The Morgan fingerprint density at radius 2 is 1.41 bits per heavy atom. The van der Waals surface area contributed by atoms with Gasteiger partial charge in [0.05, 0.1) is 18.8 Å². The van der Waals surface area contributed by atoms with Gasteiger partial charge in [0.25, 0.3) is 0 Å². The number of likely N-dealkylation sites (tertiary alicyclic amines) is 1. The van der Waals surface area contributed by atoms with Crippen molar-refractivity contribution in [2.75, 3.05) is 72.6 Å². The molecule has 22 heavy (non-hydrogen) atoms. The predicted molar refractivity (Wildman–Crippen MR) is 86.2 cm³/mol. The molecule has 2 spiro atoms. The number of morpholine rings is 2. The summed E-state index contributed by atoms with van der Waals surface area (Å²) in [7, 11) is 2.21. The molecule has 4 aliphatic rings. The number of hydrogen-bond acceptors (Lipinski definition) is 5. The van der Waals surface area contributed by atoms with E-state index in [1.54, 1.807) is 0 Å². The Balaban J connectivity index is 1.21. The minimum Gasteiger partial charge on any atom is -0.372 e. The van der Waals surface area contributed by atoms with Crippen molar-refractivity contribution >= 4 is 0 Å². The molecule has 4 rings (SSSR count). The summed E-state index contributed by atoms with van der Waals surface area (Å²) >= 11 is 0. The van der Waals surface area contributed by atoms with Crippen LogP contribution in [0.3, 0.4) is 0 Å². The molecule has 1 saturated carbocycles. The first kappa shape index (κ1) is 15.3. The van der Waals surface area contributed by atoms with E-state index in [1.807, 2.05) is 0 Å². The molecule has 3 heterocycles. The first-order valence-corrected chi connectivity index (χ1v) is 9.08. The Hall–Kier alpha value is -0.200. The summed E-state index contributed by atoms with van der Waals surface area (Å²) in [4.78, 5) is 7.61. The zero-order chi connectivity index (χ0) is 15.0. The third-order valence-corrected chi connectivity index (χ3v) is 6.04. The molecule has 0 N–H and O–H groups in total. The van der Waals surface area contributed by atoms with Gasteiger partial charge in [-0.05, 0) is 19.9 Å². The normalized spacial score (nSPS) is 32.6. The maximum absolute atomic E-state index is 6.12. The van der Waals surface area contributed by atoms with Crippen molar-refractivity contribution in [3.8, 4) is 0 Å². The van der Waals surface area contributed by atoms with Gasteiger partial charge in [0, 0.05) is 52.4 Å². The molecule has 0 atom stereocenters. The van der Waals surface area contributed by atoms with Gasteiger partial charge in [-0.3, -0.25) is 9.80 Å². The Kier molecular flexibility index (Phi) is 4.20. The molecule has 0 amide bonds. The molecule has 0 unspecified atom stereocenters. The van der Waals surface area contributed by atoms with Gasteiger partial charge >= 0.3 is 0 Å². The fourth-order valence-electron chi connectivity index (χ4n) is 4.87. The molecule has 0 aromatic heterocycles. The van der Waals surface area contributed by atoms with Crippen LogP contribution >= 0.6 is 0 Å². The summed E-state index contributed by atoms with van der Waals surface area (Å²) < 4.78 is 12.2. The Morgan fingerprint density at radius 3 is 2.18 bits per heavy atom. The van der Waals surface area contributed by atoms with Crippen molar-refractivity contribution < 1.29 is 9.47 Å². The smallest absolute Gasteiger partial charge is 0.106 e. The van der Waals surface area contributed by atoms with Crippen LogP contribution in [0.5, 0.6) is 0 Å². The highest BCUT2D eigenvalue weighted by molar-refractivity contribution is 5.01. The minimum atomic E-state index is 0.144. The van der Waals surface area contributed by atoms with Gasteiger partial charge in [-0.25, -0.2) is 0 Å². The average molecular weight is 309 g/mol. The highest BCUT2D eigenvalue weighted by Crippen LogP contribution is 2.36. The van der Waals surface area contributed by atoms with E-state index in [0.29, 0.717) is 0 Å². The van der Waals surface area contributed by atoms with Crippen LogP contribution in [0.15, 0.2) is 0 Å². The van der Waals surface area contributed by atoms with Gasteiger partial charge in [-0.15, -0.1) is 0 Å². The summed E-state index contributed by atoms with van der Waals surface area (Å²) in [5, 5.41) is 0. The van der Waals surface area contributed by atoms with Crippen molar-refractivity contribution in [1.29, 1.82) is 0 Å². The molecule has 126 valence electrons. The minimum absolute atomic E-state index is 0.144. The van der Waals surface area contributed by atoms with Crippen molar-refractivity contribution in [2.24, 2.45) is 0 Å². The number of rotatable bonds is 3. The third-order valence-electron chi connectivity index (χ3n) is 6.04. The topological polar surface area (TPSA) is 28.2 Å². The molecule has 3 aliphatic heterocycles. The van der Waals surface area contributed by atoms with Crippen molar-refractivity contribution in [2.45, 2.75) is 36.9 Å². The van der Waals surface area contributed by atoms with Gasteiger partial charge in [-0.1, -0.05) is 12.8 Å². The molecular weight excluding hydrogens is 278 g/mol. The first-order chi connectivity index (χ1) is 10.7. The maximum Gasteiger partial charge on any atom is 0.106 e. The van der Waals surface area contributed by atoms with E-state index in [2.05, 4.69) is 21.7 Å². The summed E-state index contributed by atoms with van der Waals surface area (Å²) in [6.07, 6.45) is 5.26. The molecule has 5 nitrogen and oxygen atoms in total. The van der Waals surface area contributed by atoms with Crippen LogP contribution in [-0.4, -0.2) is 98.5 Å². The number of ether oxygens (including phenoxy) is 2. The molecule has 4 fully saturated rings. The van der Waals surface area contributed by atoms with Gasteiger partial charge in [0.1, 0.15) is 5.60 Å². The van der Waals surface area contributed by atoms with Crippen LogP contribution in [0.4, 0.5) is 0 Å². The van der Waals surface area contributed by atoms with Crippen LogP contribution in [0.2, 0.25) is 0 Å². The number of hydrogen-bond donors (Lipinski definition) is 0. The molecule has 0 aromatic rings. The van der Waals surface area contributed by atoms with Crippen molar-refractivity contribution in [3.05, 3.63) is 0 Å². The van der Waals surface area contributed by atoms with E-state index in [0.717, 1.165) is 52.5 Å². The molecule has 0 aromatic carbocycles. The van der Waals surface area contributed by atoms with Gasteiger partial charge in [0.2, 0.25) is 0 Å². The van der Waals surface area contributed by atoms with E-state index in [1.165, 1.54) is 38.8 Å². The zero-order valence-corrected chi connectivity index (χ0v) is 14.1. The lowest BCUT2D eigenvalue weighted by atomic mass is 9.92. The Labute approximate surface area is 134 Å². The second-order valence-corrected chi connectivity index (χ2v) is 7.99. The van der Waals surface area contributed by atoms with Crippen LogP contribution in [0.25, 0.3) is 0 Å². The SMILES string of the molecule is CN1CCOC2(C1)CN(CCN1CCOC3(CCCC3)C1)C2. The number of likely N-dealkylation sites (N-methyl/N-ethyl adjacent to an activating group) is 1. The summed E-state index contributed by atoms with van der Waals surface area (Å²) in [5.74, 6) is 0. The fraction of sp³-hybridized carbons (Fsp3) is 1.00. The fourth-order valence-corrected chi connectivity index (χ4v) is 4.87. The molecule has 0 radical (unpaired) electrons.